The van der Waals surface area contributed by atoms with Gasteiger partial charge in [0, 0.05) is 18.3 Å². The fourth-order valence-corrected chi connectivity index (χ4v) is 2.45. The highest BCUT2D eigenvalue weighted by Gasteiger charge is 2.19. The van der Waals surface area contributed by atoms with Crippen molar-refractivity contribution in [2.75, 3.05) is 11.9 Å². The van der Waals surface area contributed by atoms with Crippen LogP contribution in [0, 0.1) is 6.92 Å². The zero-order valence-electron chi connectivity index (χ0n) is 10.6. The molecule has 1 aliphatic rings. The molecule has 1 aliphatic heterocycles. The molecule has 1 aromatic heterocycles. The molecule has 1 aromatic carbocycles. The number of rotatable bonds is 4. The van der Waals surface area contributed by atoms with Gasteiger partial charge in [-0.2, -0.15) is 0 Å². The number of fused-ring (bicyclic) bond motifs is 1. The molecule has 1 atom stereocenters. The molecule has 2 N–H and O–H groups in total. The number of nitrogens with one attached hydrogen (secondary N) is 2. The molecule has 3 rings (SSSR count). The second-order valence-electron chi connectivity index (χ2n) is 4.85. The van der Waals surface area contributed by atoms with Crippen molar-refractivity contribution >= 4 is 5.69 Å². The highest BCUT2D eigenvalue weighted by atomic mass is 16.3. The molecule has 18 heavy (non-hydrogen) atoms. The van der Waals surface area contributed by atoms with Crippen molar-refractivity contribution in [2.45, 2.75) is 25.9 Å². The predicted octanol–water partition coefficient (Wildman–Crippen LogP) is 2.71. The minimum atomic E-state index is 0.485. The highest BCUT2D eigenvalue weighted by molar-refractivity contribution is 5.56. The number of hydrogen-bond donors (Lipinski definition) is 2. The van der Waals surface area contributed by atoms with E-state index in [4.69, 9.17) is 4.42 Å². The van der Waals surface area contributed by atoms with Crippen LogP contribution in [-0.4, -0.2) is 12.6 Å². The van der Waals surface area contributed by atoms with Crippen molar-refractivity contribution in [3.63, 3.8) is 0 Å². The molecule has 0 amide bonds. The maximum Gasteiger partial charge on any atom is 0.117 e. The molecule has 0 saturated heterocycles. The second kappa shape index (κ2) is 4.86. The van der Waals surface area contributed by atoms with Gasteiger partial charge in [0.1, 0.15) is 11.5 Å². The van der Waals surface area contributed by atoms with E-state index in [-0.39, 0.29) is 0 Å². The largest absolute Gasteiger partial charge is 0.465 e. The van der Waals surface area contributed by atoms with E-state index >= 15 is 0 Å². The standard InChI is InChI=1S/C15H18N2O/c1-11-6-7-14(18-11)10-16-9-13-8-12-4-2-3-5-15(12)17-13/h2-7,13,16-17H,8-10H2,1H3. The van der Waals surface area contributed by atoms with Crippen LogP contribution in [0.25, 0.3) is 0 Å². The Labute approximate surface area is 107 Å². The molecule has 3 heteroatoms. The van der Waals surface area contributed by atoms with Gasteiger partial charge in [-0.05, 0) is 37.1 Å². The van der Waals surface area contributed by atoms with E-state index in [1.807, 2.05) is 19.1 Å². The summed E-state index contributed by atoms with van der Waals surface area (Å²) < 4.78 is 5.53. The minimum Gasteiger partial charge on any atom is -0.465 e. The molecule has 2 heterocycles. The number of hydrogen-bond acceptors (Lipinski definition) is 3. The molecule has 0 bridgehead atoms. The number of benzene rings is 1. The van der Waals surface area contributed by atoms with E-state index in [1.165, 1.54) is 11.3 Å². The van der Waals surface area contributed by atoms with Gasteiger partial charge in [-0.3, -0.25) is 0 Å². The molecular formula is C15H18N2O. The third kappa shape index (κ3) is 2.41. The molecule has 2 aromatic rings. The van der Waals surface area contributed by atoms with Gasteiger partial charge in [-0.25, -0.2) is 0 Å². The van der Waals surface area contributed by atoms with E-state index in [0.717, 1.165) is 31.0 Å². The average Bonchev–Trinajstić information content (AvgIpc) is 2.95. The van der Waals surface area contributed by atoms with E-state index in [2.05, 4.69) is 34.9 Å². The van der Waals surface area contributed by atoms with Gasteiger partial charge < -0.3 is 15.1 Å². The molecule has 1 unspecified atom stereocenters. The lowest BCUT2D eigenvalue weighted by atomic mass is 10.1. The van der Waals surface area contributed by atoms with E-state index in [9.17, 15) is 0 Å². The summed E-state index contributed by atoms with van der Waals surface area (Å²) in [6.45, 7) is 3.72. The Morgan fingerprint density at radius 2 is 2.17 bits per heavy atom. The summed E-state index contributed by atoms with van der Waals surface area (Å²) in [6.07, 6.45) is 1.10. The summed E-state index contributed by atoms with van der Waals surface area (Å²) in [5, 5.41) is 6.97. The first kappa shape index (κ1) is 11.4. The zero-order valence-corrected chi connectivity index (χ0v) is 10.6. The normalized spacial score (nSPS) is 17.5. The fourth-order valence-electron chi connectivity index (χ4n) is 2.45. The summed E-state index contributed by atoms with van der Waals surface area (Å²) in [4.78, 5) is 0. The number of anilines is 1. The molecule has 0 saturated carbocycles. The van der Waals surface area contributed by atoms with Gasteiger partial charge in [0.15, 0.2) is 0 Å². The van der Waals surface area contributed by atoms with Crippen LogP contribution >= 0.6 is 0 Å². The van der Waals surface area contributed by atoms with Crippen molar-refractivity contribution in [1.82, 2.24) is 5.32 Å². The first-order valence-corrected chi connectivity index (χ1v) is 6.42. The Kier molecular flexibility index (Phi) is 3.07. The topological polar surface area (TPSA) is 37.2 Å². The van der Waals surface area contributed by atoms with Crippen LogP contribution in [0.4, 0.5) is 5.69 Å². The number of para-hydroxylation sites is 1. The van der Waals surface area contributed by atoms with E-state index in [1.54, 1.807) is 0 Å². The Hall–Kier alpha value is -1.74. The summed E-state index contributed by atoms with van der Waals surface area (Å²) in [5.74, 6) is 1.97. The first-order chi connectivity index (χ1) is 8.81. The quantitative estimate of drug-likeness (QED) is 0.865. The molecule has 0 spiro atoms. The lowest BCUT2D eigenvalue weighted by molar-refractivity contribution is 0.458. The molecular weight excluding hydrogens is 224 g/mol. The third-order valence-corrected chi connectivity index (χ3v) is 3.33. The minimum absolute atomic E-state index is 0.485. The third-order valence-electron chi connectivity index (χ3n) is 3.33. The first-order valence-electron chi connectivity index (χ1n) is 6.42. The van der Waals surface area contributed by atoms with Gasteiger partial charge in [0.05, 0.1) is 6.54 Å². The summed E-state index contributed by atoms with van der Waals surface area (Å²) in [7, 11) is 0. The van der Waals surface area contributed by atoms with Crippen LogP contribution in [0.1, 0.15) is 17.1 Å². The molecule has 0 aliphatic carbocycles. The highest BCUT2D eigenvalue weighted by Crippen LogP contribution is 2.24. The summed E-state index contributed by atoms with van der Waals surface area (Å²) in [5.41, 5.74) is 2.69. The van der Waals surface area contributed by atoms with Gasteiger partial charge in [-0.1, -0.05) is 18.2 Å². The van der Waals surface area contributed by atoms with Crippen LogP contribution in [0.2, 0.25) is 0 Å². The maximum absolute atomic E-state index is 5.53. The molecule has 94 valence electrons. The van der Waals surface area contributed by atoms with E-state index in [0.29, 0.717) is 6.04 Å². The van der Waals surface area contributed by atoms with Gasteiger partial charge >= 0.3 is 0 Å². The number of furan rings is 1. The maximum atomic E-state index is 5.53. The van der Waals surface area contributed by atoms with Crippen molar-refractivity contribution in [1.29, 1.82) is 0 Å². The summed E-state index contributed by atoms with van der Waals surface area (Å²) >= 11 is 0. The molecule has 3 nitrogen and oxygen atoms in total. The van der Waals surface area contributed by atoms with Gasteiger partial charge in [0.25, 0.3) is 0 Å². The van der Waals surface area contributed by atoms with Crippen LogP contribution in [0.15, 0.2) is 40.8 Å². The molecule has 0 fully saturated rings. The van der Waals surface area contributed by atoms with Gasteiger partial charge in [0.2, 0.25) is 0 Å². The van der Waals surface area contributed by atoms with Crippen molar-refractivity contribution < 1.29 is 4.42 Å². The molecule has 0 radical (unpaired) electrons. The SMILES string of the molecule is Cc1ccc(CNCC2Cc3ccccc3N2)o1. The van der Waals surface area contributed by atoms with E-state index < -0.39 is 0 Å². The Morgan fingerprint density at radius 1 is 1.28 bits per heavy atom. The van der Waals surface area contributed by atoms with Crippen LogP contribution in [-0.2, 0) is 13.0 Å². The zero-order chi connectivity index (χ0) is 12.4. The Morgan fingerprint density at radius 3 is 2.94 bits per heavy atom. The lowest BCUT2D eigenvalue weighted by Gasteiger charge is -2.11. The Bertz CT molecular complexity index is 508. The monoisotopic (exact) mass is 242 g/mol. The fraction of sp³-hybridized carbons (Fsp3) is 0.333. The average molecular weight is 242 g/mol. The van der Waals surface area contributed by atoms with Crippen molar-refractivity contribution in [2.24, 2.45) is 0 Å². The lowest BCUT2D eigenvalue weighted by Crippen LogP contribution is -2.30. The Balaban J connectivity index is 1.48. The second-order valence-corrected chi connectivity index (χ2v) is 4.85. The van der Waals surface area contributed by atoms with Crippen LogP contribution in [0.3, 0.4) is 0 Å². The van der Waals surface area contributed by atoms with Crippen molar-refractivity contribution in [3.05, 3.63) is 53.5 Å². The summed E-state index contributed by atoms with van der Waals surface area (Å²) in [6, 6.07) is 13.0. The number of aryl methyl sites for hydroxylation is 1. The van der Waals surface area contributed by atoms with Crippen LogP contribution in [0.5, 0.6) is 0 Å². The van der Waals surface area contributed by atoms with Crippen LogP contribution < -0.4 is 10.6 Å². The predicted molar refractivity (Wildman–Crippen MR) is 72.7 cm³/mol. The van der Waals surface area contributed by atoms with Crippen molar-refractivity contribution in [3.8, 4) is 0 Å². The van der Waals surface area contributed by atoms with Gasteiger partial charge in [-0.15, -0.1) is 0 Å². The smallest absolute Gasteiger partial charge is 0.117 e.